The van der Waals surface area contributed by atoms with Crippen LogP contribution in [0.25, 0.3) is 0 Å². The molecular weight excluding hydrogens is 246 g/mol. The molecule has 2 N–H and O–H groups in total. The second kappa shape index (κ2) is 5.12. The second-order valence-electron chi connectivity index (χ2n) is 6.66. The lowest BCUT2D eigenvalue weighted by atomic mass is 9.45. The fraction of sp³-hybridized carbons (Fsp3) is 0.857. The number of aliphatic carboxylic acids is 2. The van der Waals surface area contributed by atoms with E-state index in [9.17, 15) is 9.59 Å². The summed E-state index contributed by atoms with van der Waals surface area (Å²) in [5.41, 5.74) is 0.348. The van der Waals surface area contributed by atoms with E-state index in [4.69, 9.17) is 10.2 Å². The van der Waals surface area contributed by atoms with Gasteiger partial charge in [-0.2, -0.15) is 0 Å². The standard InChI is InChI=1S/C14H23NO4/c1-14(2)10-4-3-9(11(14)5-10)6-15(7-12(16)17)8-13(18)19/h9-11H,3-8H2,1-2H3,(H,16,17)(H,18,19)/t9?,10-,11-/m1/s1. The van der Waals surface area contributed by atoms with Crippen molar-refractivity contribution in [3.63, 3.8) is 0 Å². The van der Waals surface area contributed by atoms with E-state index in [-0.39, 0.29) is 13.1 Å². The molecule has 108 valence electrons. The molecule has 3 rings (SSSR count). The molecule has 5 nitrogen and oxygen atoms in total. The van der Waals surface area contributed by atoms with E-state index in [2.05, 4.69) is 13.8 Å². The zero-order valence-electron chi connectivity index (χ0n) is 11.6. The molecule has 19 heavy (non-hydrogen) atoms. The van der Waals surface area contributed by atoms with Gasteiger partial charge in [-0.05, 0) is 42.4 Å². The monoisotopic (exact) mass is 269 g/mol. The van der Waals surface area contributed by atoms with Gasteiger partial charge in [0, 0.05) is 6.54 Å². The summed E-state index contributed by atoms with van der Waals surface area (Å²) in [6, 6.07) is 0. The Hall–Kier alpha value is -1.10. The van der Waals surface area contributed by atoms with Crippen LogP contribution in [-0.4, -0.2) is 46.7 Å². The molecule has 0 aliphatic heterocycles. The number of hydrogen-bond acceptors (Lipinski definition) is 3. The highest BCUT2D eigenvalue weighted by atomic mass is 16.4. The SMILES string of the molecule is CC1(C)[C@@H]2CCC(CN(CC(=O)O)CC(=O)O)[C@H]1C2. The van der Waals surface area contributed by atoms with E-state index in [0.29, 0.717) is 23.8 Å². The predicted molar refractivity (Wildman–Crippen MR) is 69.8 cm³/mol. The Bertz CT molecular complexity index is 362. The van der Waals surface area contributed by atoms with E-state index in [0.717, 1.165) is 12.3 Å². The topological polar surface area (TPSA) is 77.8 Å². The Balaban J connectivity index is 1.96. The van der Waals surface area contributed by atoms with E-state index >= 15 is 0 Å². The molecule has 3 atom stereocenters. The fourth-order valence-corrected chi connectivity index (χ4v) is 4.08. The number of carboxylic acids is 2. The smallest absolute Gasteiger partial charge is 0.317 e. The molecule has 3 fully saturated rings. The van der Waals surface area contributed by atoms with Crippen LogP contribution < -0.4 is 0 Å². The molecule has 3 aliphatic rings. The highest BCUT2D eigenvalue weighted by Gasteiger charge is 2.54. The summed E-state index contributed by atoms with van der Waals surface area (Å²) < 4.78 is 0. The Morgan fingerprint density at radius 2 is 1.74 bits per heavy atom. The van der Waals surface area contributed by atoms with Crippen molar-refractivity contribution in [2.24, 2.45) is 23.2 Å². The van der Waals surface area contributed by atoms with Crippen LogP contribution in [0.4, 0.5) is 0 Å². The first-order valence-corrected chi connectivity index (χ1v) is 6.96. The number of nitrogens with zero attached hydrogens (tertiary/aromatic N) is 1. The molecule has 0 amide bonds. The first-order chi connectivity index (χ1) is 8.80. The highest BCUT2D eigenvalue weighted by molar-refractivity contribution is 5.72. The summed E-state index contributed by atoms with van der Waals surface area (Å²) in [4.78, 5) is 23.2. The molecule has 0 aromatic carbocycles. The van der Waals surface area contributed by atoms with Gasteiger partial charge >= 0.3 is 11.9 Å². The van der Waals surface area contributed by atoms with Gasteiger partial charge in [0.2, 0.25) is 0 Å². The molecule has 0 aromatic rings. The van der Waals surface area contributed by atoms with Gasteiger partial charge < -0.3 is 10.2 Å². The summed E-state index contributed by atoms with van der Waals surface area (Å²) in [7, 11) is 0. The molecule has 1 unspecified atom stereocenters. The molecule has 5 heteroatoms. The predicted octanol–water partition coefficient (Wildman–Crippen LogP) is 1.53. The first-order valence-electron chi connectivity index (χ1n) is 6.96. The number of fused-ring (bicyclic) bond motifs is 2. The molecule has 0 saturated heterocycles. The molecular formula is C14H23NO4. The normalized spacial score (nSPS) is 31.8. The summed E-state index contributed by atoms with van der Waals surface area (Å²) in [6.07, 6.45) is 3.53. The molecule has 0 spiro atoms. The fourth-order valence-electron chi connectivity index (χ4n) is 4.08. The average Bonchev–Trinajstić information content (AvgIpc) is 2.26. The Morgan fingerprint density at radius 3 is 2.16 bits per heavy atom. The molecule has 3 aliphatic carbocycles. The van der Waals surface area contributed by atoms with Gasteiger partial charge in [0.15, 0.2) is 0 Å². The minimum absolute atomic E-state index is 0.181. The van der Waals surface area contributed by atoms with E-state index in [1.165, 1.54) is 12.8 Å². The van der Waals surface area contributed by atoms with Crippen molar-refractivity contribution >= 4 is 11.9 Å². The van der Waals surface area contributed by atoms with Crippen molar-refractivity contribution in [1.29, 1.82) is 0 Å². The van der Waals surface area contributed by atoms with E-state index in [1.54, 1.807) is 4.90 Å². The van der Waals surface area contributed by atoms with E-state index in [1.807, 2.05) is 0 Å². The molecule has 0 radical (unpaired) electrons. The Labute approximate surface area is 113 Å². The number of hydrogen-bond donors (Lipinski definition) is 2. The zero-order valence-corrected chi connectivity index (χ0v) is 11.6. The lowest BCUT2D eigenvalue weighted by Crippen LogP contribution is -2.55. The van der Waals surface area contributed by atoms with Crippen molar-refractivity contribution in [2.75, 3.05) is 19.6 Å². The van der Waals surface area contributed by atoms with Crippen LogP contribution in [0.1, 0.15) is 33.1 Å². The zero-order chi connectivity index (χ0) is 14.2. The third-order valence-corrected chi connectivity index (χ3v) is 5.21. The Kier molecular flexibility index (Phi) is 3.85. The molecule has 3 saturated carbocycles. The average molecular weight is 269 g/mol. The van der Waals surface area contributed by atoms with E-state index < -0.39 is 11.9 Å². The summed E-state index contributed by atoms with van der Waals surface area (Å²) in [5.74, 6) is -0.0400. The van der Waals surface area contributed by atoms with Crippen LogP contribution >= 0.6 is 0 Å². The van der Waals surface area contributed by atoms with Crippen molar-refractivity contribution in [2.45, 2.75) is 33.1 Å². The lowest BCUT2D eigenvalue weighted by molar-refractivity contribution is -0.144. The minimum atomic E-state index is -0.956. The lowest BCUT2D eigenvalue weighted by Gasteiger charge is -2.60. The minimum Gasteiger partial charge on any atom is -0.480 e. The number of carbonyl (C=O) groups is 2. The number of carboxylic acid groups (broad SMARTS) is 2. The van der Waals surface area contributed by atoms with Gasteiger partial charge in [-0.1, -0.05) is 13.8 Å². The second-order valence-corrected chi connectivity index (χ2v) is 6.66. The quantitative estimate of drug-likeness (QED) is 0.764. The largest absolute Gasteiger partial charge is 0.480 e. The highest BCUT2D eigenvalue weighted by Crippen LogP contribution is 2.61. The first kappa shape index (κ1) is 14.3. The number of rotatable bonds is 6. The van der Waals surface area contributed by atoms with Crippen LogP contribution in [-0.2, 0) is 9.59 Å². The third-order valence-electron chi connectivity index (χ3n) is 5.21. The summed E-state index contributed by atoms with van der Waals surface area (Å²) in [5, 5.41) is 17.7. The van der Waals surface area contributed by atoms with Crippen LogP contribution in [0.5, 0.6) is 0 Å². The summed E-state index contributed by atoms with van der Waals surface area (Å²) >= 11 is 0. The van der Waals surface area contributed by atoms with Gasteiger partial charge in [0.25, 0.3) is 0 Å². The maximum absolute atomic E-state index is 10.8. The molecule has 0 heterocycles. The van der Waals surface area contributed by atoms with Gasteiger partial charge in [-0.3, -0.25) is 14.5 Å². The van der Waals surface area contributed by atoms with Crippen molar-refractivity contribution < 1.29 is 19.8 Å². The van der Waals surface area contributed by atoms with Gasteiger partial charge in [-0.15, -0.1) is 0 Å². The summed E-state index contributed by atoms with van der Waals surface area (Å²) in [6.45, 7) is 4.81. The van der Waals surface area contributed by atoms with Crippen LogP contribution in [0.15, 0.2) is 0 Å². The molecule has 0 aromatic heterocycles. The third kappa shape index (κ3) is 2.91. The van der Waals surface area contributed by atoms with Gasteiger partial charge in [0.05, 0.1) is 13.1 Å². The van der Waals surface area contributed by atoms with Crippen LogP contribution in [0.2, 0.25) is 0 Å². The van der Waals surface area contributed by atoms with Crippen molar-refractivity contribution in [3.05, 3.63) is 0 Å². The van der Waals surface area contributed by atoms with Crippen molar-refractivity contribution in [3.8, 4) is 0 Å². The molecule has 2 bridgehead atoms. The van der Waals surface area contributed by atoms with Crippen molar-refractivity contribution in [1.82, 2.24) is 4.90 Å². The maximum atomic E-state index is 10.8. The van der Waals surface area contributed by atoms with Crippen LogP contribution in [0.3, 0.4) is 0 Å². The maximum Gasteiger partial charge on any atom is 0.317 e. The van der Waals surface area contributed by atoms with Gasteiger partial charge in [0.1, 0.15) is 0 Å². The van der Waals surface area contributed by atoms with Crippen LogP contribution in [0, 0.1) is 23.2 Å². The Morgan fingerprint density at radius 1 is 1.16 bits per heavy atom. The van der Waals surface area contributed by atoms with Gasteiger partial charge in [-0.25, -0.2) is 0 Å².